The Hall–Kier alpha value is -3.57. The van der Waals surface area contributed by atoms with Crippen LogP contribution in [0.3, 0.4) is 0 Å². The summed E-state index contributed by atoms with van der Waals surface area (Å²) < 4.78 is 5.19. The maximum atomic E-state index is 12.5. The second-order valence-electron chi connectivity index (χ2n) is 6.87. The highest BCUT2D eigenvalue weighted by Crippen LogP contribution is 2.26. The van der Waals surface area contributed by atoms with Gasteiger partial charge in [0.1, 0.15) is 11.6 Å². The lowest BCUT2D eigenvalue weighted by atomic mass is 10.1. The monoisotopic (exact) mass is 417 g/mol. The van der Waals surface area contributed by atoms with Crippen LogP contribution >= 0.6 is 11.6 Å². The van der Waals surface area contributed by atoms with Gasteiger partial charge in [-0.2, -0.15) is 0 Å². The highest BCUT2D eigenvalue weighted by molar-refractivity contribution is 6.31. The predicted octanol–water partition coefficient (Wildman–Crippen LogP) is 6.20. The topological polar surface area (TPSA) is 63.2 Å². The number of aromatic nitrogens is 1. The summed E-state index contributed by atoms with van der Waals surface area (Å²) in [4.78, 5) is 17.2. The van der Waals surface area contributed by atoms with Crippen LogP contribution in [0, 0.1) is 6.92 Å². The minimum absolute atomic E-state index is 0.208. The van der Waals surface area contributed by atoms with Gasteiger partial charge in [0.05, 0.1) is 12.6 Å². The van der Waals surface area contributed by atoms with Gasteiger partial charge in [0, 0.05) is 27.3 Å². The van der Waals surface area contributed by atoms with Gasteiger partial charge in [0.15, 0.2) is 0 Å². The molecular formula is C24H20ClN3O2. The highest BCUT2D eigenvalue weighted by Gasteiger charge is 2.09. The Kier molecular flexibility index (Phi) is 5.55. The van der Waals surface area contributed by atoms with Crippen molar-refractivity contribution in [1.82, 2.24) is 4.98 Å². The minimum atomic E-state index is -0.208. The zero-order chi connectivity index (χ0) is 21.1. The number of halogens is 1. The molecule has 0 bridgehead atoms. The Morgan fingerprint density at radius 3 is 2.47 bits per heavy atom. The Bertz CT molecular complexity index is 1220. The number of hydrogen-bond donors (Lipinski definition) is 2. The van der Waals surface area contributed by atoms with Crippen LogP contribution in [0.5, 0.6) is 5.75 Å². The van der Waals surface area contributed by atoms with Crippen LogP contribution in [-0.4, -0.2) is 18.0 Å². The summed E-state index contributed by atoms with van der Waals surface area (Å²) in [5.41, 5.74) is 4.03. The maximum Gasteiger partial charge on any atom is 0.255 e. The Morgan fingerprint density at radius 2 is 1.73 bits per heavy atom. The minimum Gasteiger partial charge on any atom is -0.497 e. The van der Waals surface area contributed by atoms with Crippen molar-refractivity contribution in [3.05, 3.63) is 88.9 Å². The molecule has 0 aliphatic heterocycles. The number of fused-ring (bicyclic) bond motifs is 1. The molecular weight excluding hydrogens is 398 g/mol. The number of nitrogens with zero attached hydrogens (tertiary/aromatic N) is 1. The molecule has 1 amide bonds. The van der Waals surface area contributed by atoms with E-state index in [1.165, 1.54) is 0 Å². The van der Waals surface area contributed by atoms with E-state index in [1.807, 2.05) is 55.5 Å². The summed E-state index contributed by atoms with van der Waals surface area (Å²) in [6.45, 7) is 2.02. The van der Waals surface area contributed by atoms with Crippen molar-refractivity contribution in [3.8, 4) is 5.75 Å². The Labute approximate surface area is 179 Å². The van der Waals surface area contributed by atoms with E-state index in [2.05, 4.69) is 10.6 Å². The largest absolute Gasteiger partial charge is 0.497 e. The first-order valence-corrected chi connectivity index (χ1v) is 9.79. The van der Waals surface area contributed by atoms with Crippen molar-refractivity contribution >= 4 is 45.6 Å². The standard InChI is InChI=1S/C24H20ClN3O2/c1-15-12-23(26-18-6-9-20(30-2)10-7-18)28-22-11-8-19(14-21(15)22)27-24(29)16-4-3-5-17(25)13-16/h3-14H,1-2H3,(H,26,28)(H,27,29). The van der Waals surface area contributed by atoms with E-state index in [0.717, 1.165) is 33.7 Å². The van der Waals surface area contributed by atoms with Crippen molar-refractivity contribution in [2.75, 3.05) is 17.7 Å². The number of aryl methyl sites for hydroxylation is 1. The van der Waals surface area contributed by atoms with Crippen LogP contribution in [0.1, 0.15) is 15.9 Å². The molecule has 0 atom stereocenters. The lowest BCUT2D eigenvalue weighted by molar-refractivity contribution is 0.102. The summed E-state index contributed by atoms with van der Waals surface area (Å²) >= 11 is 5.98. The average molecular weight is 418 g/mol. The molecule has 0 spiro atoms. The number of nitrogens with one attached hydrogen (secondary N) is 2. The third-order valence-corrected chi connectivity index (χ3v) is 4.96. The number of ether oxygens (including phenoxy) is 1. The molecule has 6 heteroatoms. The molecule has 0 saturated heterocycles. The smallest absolute Gasteiger partial charge is 0.255 e. The second-order valence-corrected chi connectivity index (χ2v) is 7.31. The first kappa shape index (κ1) is 19.7. The number of hydrogen-bond acceptors (Lipinski definition) is 4. The molecule has 0 aliphatic carbocycles. The number of anilines is 3. The molecule has 4 rings (SSSR count). The summed E-state index contributed by atoms with van der Waals surface area (Å²) in [5.74, 6) is 1.34. The summed E-state index contributed by atoms with van der Waals surface area (Å²) in [6.07, 6.45) is 0. The van der Waals surface area contributed by atoms with Crippen LogP contribution in [-0.2, 0) is 0 Å². The molecule has 0 unspecified atom stereocenters. The van der Waals surface area contributed by atoms with Crippen LogP contribution in [0.15, 0.2) is 72.8 Å². The molecule has 1 aromatic heterocycles. The van der Waals surface area contributed by atoms with Gasteiger partial charge in [-0.05, 0) is 79.2 Å². The maximum absolute atomic E-state index is 12.5. The zero-order valence-corrected chi connectivity index (χ0v) is 17.3. The van der Waals surface area contributed by atoms with Crippen molar-refractivity contribution in [2.45, 2.75) is 6.92 Å². The summed E-state index contributed by atoms with van der Waals surface area (Å²) in [5, 5.41) is 7.73. The van der Waals surface area contributed by atoms with Crippen LogP contribution in [0.25, 0.3) is 10.9 Å². The average Bonchev–Trinajstić information content (AvgIpc) is 2.75. The number of methoxy groups -OCH3 is 1. The number of pyridine rings is 1. The molecule has 5 nitrogen and oxygen atoms in total. The lowest BCUT2D eigenvalue weighted by Gasteiger charge is -2.11. The van der Waals surface area contributed by atoms with Crippen LogP contribution in [0.4, 0.5) is 17.2 Å². The fraction of sp³-hybridized carbons (Fsp3) is 0.0833. The summed E-state index contributed by atoms with van der Waals surface area (Å²) in [7, 11) is 1.64. The quantitative estimate of drug-likeness (QED) is 0.405. The second kappa shape index (κ2) is 8.43. The molecule has 3 aromatic carbocycles. The highest BCUT2D eigenvalue weighted by atomic mass is 35.5. The van der Waals surface area contributed by atoms with E-state index in [4.69, 9.17) is 21.3 Å². The molecule has 1 heterocycles. The van der Waals surface area contributed by atoms with E-state index in [9.17, 15) is 4.79 Å². The van der Waals surface area contributed by atoms with E-state index in [1.54, 1.807) is 31.4 Å². The first-order chi connectivity index (χ1) is 14.5. The van der Waals surface area contributed by atoms with Gasteiger partial charge in [0.25, 0.3) is 5.91 Å². The molecule has 0 aliphatic rings. The number of rotatable bonds is 5. The van der Waals surface area contributed by atoms with Gasteiger partial charge in [-0.1, -0.05) is 17.7 Å². The van der Waals surface area contributed by atoms with Crippen LogP contribution in [0.2, 0.25) is 5.02 Å². The van der Waals surface area contributed by atoms with Crippen molar-refractivity contribution < 1.29 is 9.53 Å². The Balaban J connectivity index is 1.56. The van der Waals surface area contributed by atoms with Crippen LogP contribution < -0.4 is 15.4 Å². The lowest BCUT2D eigenvalue weighted by Crippen LogP contribution is -2.11. The van der Waals surface area contributed by atoms with Crippen molar-refractivity contribution in [2.24, 2.45) is 0 Å². The fourth-order valence-corrected chi connectivity index (χ4v) is 3.38. The van der Waals surface area contributed by atoms with E-state index in [-0.39, 0.29) is 5.91 Å². The SMILES string of the molecule is COc1ccc(Nc2cc(C)c3cc(NC(=O)c4cccc(Cl)c4)ccc3n2)cc1. The van der Waals surface area contributed by atoms with E-state index in [0.29, 0.717) is 16.3 Å². The zero-order valence-electron chi connectivity index (χ0n) is 16.6. The van der Waals surface area contributed by atoms with E-state index < -0.39 is 0 Å². The number of carbonyl (C=O) groups is 1. The predicted molar refractivity (Wildman–Crippen MR) is 122 cm³/mol. The van der Waals surface area contributed by atoms with Crippen molar-refractivity contribution in [1.29, 1.82) is 0 Å². The van der Waals surface area contributed by atoms with E-state index >= 15 is 0 Å². The number of carbonyl (C=O) groups excluding carboxylic acids is 1. The summed E-state index contributed by atoms with van der Waals surface area (Å²) in [6, 6.07) is 22.2. The molecule has 150 valence electrons. The Morgan fingerprint density at radius 1 is 0.967 bits per heavy atom. The molecule has 0 radical (unpaired) electrons. The molecule has 30 heavy (non-hydrogen) atoms. The van der Waals surface area contributed by atoms with Gasteiger partial charge >= 0.3 is 0 Å². The molecule has 0 saturated carbocycles. The molecule has 4 aromatic rings. The van der Waals surface area contributed by atoms with Gasteiger partial charge in [0.2, 0.25) is 0 Å². The fourth-order valence-electron chi connectivity index (χ4n) is 3.19. The van der Waals surface area contributed by atoms with Gasteiger partial charge in [-0.15, -0.1) is 0 Å². The normalized spacial score (nSPS) is 10.6. The number of benzene rings is 3. The van der Waals surface area contributed by atoms with Crippen molar-refractivity contribution in [3.63, 3.8) is 0 Å². The molecule has 2 N–H and O–H groups in total. The first-order valence-electron chi connectivity index (χ1n) is 9.41. The van der Waals surface area contributed by atoms with Gasteiger partial charge < -0.3 is 15.4 Å². The third-order valence-electron chi connectivity index (χ3n) is 4.72. The number of amides is 1. The van der Waals surface area contributed by atoms with Gasteiger partial charge in [-0.3, -0.25) is 4.79 Å². The van der Waals surface area contributed by atoms with Gasteiger partial charge in [-0.25, -0.2) is 4.98 Å². The third kappa shape index (κ3) is 4.36. The molecule has 0 fully saturated rings.